The highest BCUT2D eigenvalue weighted by Crippen LogP contribution is 2.22. The molecule has 17 heavy (non-hydrogen) atoms. The van der Waals surface area contributed by atoms with Gasteiger partial charge in [0.15, 0.2) is 0 Å². The van der Waals surface area contributed by atoms with Gasteiger partial charge in [-0.25, -0.2) is 0 Å². The molecule has 98 valence electrons. The van der Waals surface area contributed by atoms with E-state index in [1.807, 2.05) is 0 Å². The lowest BCUT2D eigenvalue weighted by Crippen LogP contribution is -2.49. The minimum Gasteiger partial charge on any atom is -0.455 e. The molecule has 3 atom stereocenters. The van der Waals surface area contributed by atoms with Gasteiger partial charge in [-0.1, -0.05) is 6.58 Å². The Morgan fingerprint density at radius 1 is 1.35 bits per heavy atom. The predicted octanol–water partition coefficient (Wildman–Crippen LogP) is 0.466. The van der Waals surface area contributed by atoms with Crippen LogP contribution in [0, 0.1) is 0 Å². The van der Waals surface area contributed by atoms with Crippen LogP contribution in [0.25, 0.3) is 0 Å². The smallest absolute Gasteiger partial charge is 0.309 e. The van der Waals surface area contributed by atoms with Gasteiger partial charge < -0.3 is 23.7 Å². The lowest BCUT2D eigenvalue weighted by Gasteiger charge is -2.35. The summed E-state index contributed by atoms with van der Waals surface area (Å²) in [5, 5.41) is 0. The SMILES string of the molecule is C=C[C@H]1OC(=O)C[C@@H](OCOC)[C@@H]1OCOC. The second-order valence-electron chi connectivity index (χ2n) is 3.54. The Morgan fingerprint density at radius 3 is 2.59 bits per heavy atom. The molecule has 0 unspecified atom stereocenters. The van der Waals surface area contributed by atoms with Crippen molar-refractivity contribution in [2.24, 2.45) is 0 Å². The fourth-order valence-electron chi connectivity index (χ4n) is 1.60. The van der Waals surface area contributed by atoms with Crippen LogP contribution < -0.4 is 0 Å². The van der Waals surface area contributed by atoms with Crippen molar-refractivity contribution in [2.75, 3.05) is 27.8 Å². The predicted molar refractivity (Wildman–Crippen MR) is 58.2 cm³/mol. The Bertz CT molecular complexity index is 254. The summed E-state index contributed by atoms with van der Waals surface area (Å²) in [7, 11) is 3.03. The first-order chi connectivity index (χ1) is 8.22. The van der Waals surface area contributed by atoms with Gasteiger partial charge in [0.1, 0.15) is 31.9 Å². The molecule has 6 heteroatoms. The van der Waals surface area contributed by atoms with Crippen LogP contribution in [0.15, 0.2) is 12.7 Å². The summed E-state index contributed by atoms with van der Waals surface area (Å²) >= 11 is 0. The molecule has 1 fully saturated rings. The van der Waals surface area contributed by atoms with Gasteiger partial charge in [-0.3, -0.25) is 4.79 Å². The van der Waals surface area contributed by atoms with Gasteiger partial charge in [0.25, 0.3) is 0 Å². The highest BCUT2D eigenvalue weighted by Gasteiger charge is 2.39. The van der Waals surface area contributed by atoms with Crippen molar-refractivity contribution in [3.63, 3.8) is 0 Å². The summed E-state index contributed by atoms with van der Waals surface area (Å²) in [5.74, 6) is -0.340. The Labute approximate surface area is 100 Å². The maximum absolute atomic E-state index is 11.3. The topological polar surface area (TPSA) is 63.2 Å². The molecule has 0 aromatic carbocycles. The van der Waals surface area contributed by atoms with Gasteiger partial charge in [-0.2, -0.15) is 0 Å². The zero-order chi connectivity index (χ0) is 12.7. The van der Waals surface area contributed by atoms with Crippen molar-refractivity contribution >= 4 is 5.97 Å². The molecule has 1 rings (SSSR count). The minimum atomic E-state index is -0.534. The number of rotatable bonds is 7. The van der Waals surface area contributed by atoms with Crippen LogP contribution in [-0.4, -0.2) is 52.1 Å². The van der Waals surface area contributed by atoms with E-state index in [1.54, 1.807) is 0 Å². The van der Waals surface area contributed by atoms with E-state index in [2.05, 4.69) is 6.58 Å². The van der Waals surface area contributed by atoms with Crippen molar-refractivity contribution in [3.8, 4) is 0 Å². The van der Waals surface area contributed by atoms with Crippen LogP contribution >= 0.6 is 0 Å². The van der Waals surface area contributed by atoms with Crippen molar-refractivity contribution in [1.82, 2.24) is 0 Å². The van der Waals surface area contributed by atoms with E-state index < -0.39 is 18.3 Å². The Balaban J connectivity index is 2.64. The van der Waals surface area contributed by atoms with Gasteiger partial charge >= 0.3 is 5.97 Å². The molecule has 1 saturated heterocycles. The summed E-state index contributed by atoms with van der Waals surface area (Å²) in [4.78, 5) is 11.3. The monoisotopic (exact) mass is 246 g/mol. The standard InChI is InChI=1S/C11H18O6/c1-4-8-11(16-7-14-3)9(15-6-13-2)5-10(12)17-8/h4,8-9,11H,1,5-7H2,2-3H3/t8-,9-,11-/m1/s1. The molecule has 0 amide bonds. The zero-order valence-electron chi connectivity index (χ0n) is 10.1. The molecule has 6 nitrogen and oxygen atoms in total. The second kappa shape index (κ2) is 7.39. The lowest BCUT2D eigenvalue weighted by atomic mass is 10.0. The number of carbonyl (C=O) groups is 1. The first-order valence-electron chi connectivity index (χ1n) is 5.26. The van der Waals surface area contributed by atoms with Crippen LogP contribution in [0.1, 0.15) is 6.42 Å². The van der Waals surface area contributed by atoms with E-state index >= 15 is 0 Å². The van der Waals surface area contributed by atoms with Gasteiger partial charge in [0.2, 0.25) is 0 Å². The average molecular weight is 246 g/mol. The van der Waals surface area contributed by atoms with Crippen LogP contribution in [0.4, 0.5) is 0 Å². The Morgan fingerprint density at radius 2 is 2.00 bits per heavy atom. The quantitative estimate of drug-likeness (QED) is 0.369. The minimum absolute atomic E-state index is 0.0919. The highest BCUT2D eigenvalue weighted by molar-refractivity contribution is 5.71. The van der Waals surface area contributed by atoms with E-state index in [0.717, 1.165) is 0 Å². The average Bonchev–Trinajstić information content (AvgIpc) is 2.34. The highest BCUT2D eigenvalue weighted by atomic mass is 16.7. The van der Waals surface area contributed by atoms with E-state index in [0.29, 0.717) is 0 Å². The number of hydrogen-bond donors (Lipinski definition) is 0. The Kier molecular flexibility index (Phi) is 6.13. The summed E-state index contributed by atoms with van der Waals surface area (Å²) in [6, 6.07) is 0. The van der Waals surface area contributed by atoms with Crippen molar-refractivity contribution in [2.45, 2.75) is 24.7 Å². The third-order valence-electron chi connectivity index (χ3n) is 2.34. The maximum atomic E-state index is 11.3. The molecule has 0 aromatic heterocycles. The third-order valence-corrected chi connectivity index (χ3v) is 2.34. The van der Waals surface area contributed by atoms with Crippen LogP contribution in [0.2, 0.25) is 0 Å². The molecule has 0 saturated carbocycles. The number of methoxy groups -OCH3 is 2. The Hall–Kier alpha value is -0.950. The summed E-state index contributed by atoms with van der Waals surface area (Å²) in [6.45, 7) is 3.80. The second-order valence-corrected chi connectivity index (χ2v) is 3.54. The summed E-state index contributed by atoms with van der Waals surface area (Å²) < 4.78 is 25.6. The molecular weight excluding hydrogens is 228 g/mol. The van der Waals surface area contributed by atoms with Crippen molar-refractivity contribution in [3.05, 3.63) is 12.7 Å². The normalized spacial score (nSPS) is 28.8. The fourth-order valence-corrected chi connectivity index (χ4v) is 1.60. The van der Waals surface area contributed by atoms with Crippen LogP contribution in [0.5, 0.6) is 0 Å². The molecule has 1 aliphatic rings. The first kappa shape index (κ1) is 14.1. The molecule has 0 N–H and O–H groups in total. The van der Waals surface area contributed by atoms with Gasteiger partial charge in [0, 0.05) is 14.2 Å². The third kappa shape index (κ3) is 4.08. The molecule has 0 spiro atoms. The van der Waals surface area contributed by atoms with E-state index in [9.17, 15) is 4.79 Å². The molecule has 1 aliphatic heterocycles. The van der Waals surface area contributed by atoms with Crippen molar-refractivity contribution in [1.29, 1.82) is 0 Å². The number of carbonyl (C=O) groups excluding carboxylic acids is 1. The molecule has 0 aliphatic carbocycles. The fraction of sp³-hybridized carbons (Fsp3) is 0.727. The number of hydrogen-bond acceptors (Lipinski definition) is 6. The van der Waals surface area contributed by atoms with Gasteiger partial charge in [-0.15, -0.1) is 0 Å². The summed E-state index contributed by atoms with van der Waals surface area (Å²) in [5.41, 5.74) is 0. The largest absolute Gasteiger partial charge is 0.455 e. The molecule has 1 heterocycles. The van der Waals surface area contributed by atoms with E-state index in [1.165, 1.54) is 20.3 Å². The molecule has 0 radical (unpaired) electrons. The van der Waals surface area contributed by atoms with E-state index in [4.69, 9.17) is 23.7 Å². The first-order valence-corrected chi connectivity index (χ1v) is 5.26. The maximum Gasteiger partial charge on any atom is 0.309 e. The van der Waals surface area contributed by atoms with Gasteiger partial charge in [-0.05, 0) is 6.08 Å². The molecule has 0 aromatic rings. The lowest BCUT2D eigenvalue weighted by molar-refractivity contribution is -0.212. The van der Waals surface area contributed by atoms with E-state index in [-0.39, 0.29) is 26.0 Å². The number of ether oxygens (including phenoxy) is 5. The molecule has 0 bridgehead atoms. The number of esters is 1. The van der Waals surface area contributed by atoms with Crippen molar-refractivity contribution < 1.29 is 28.5 Å². The zero-order valence-corrected chi connectivity index (χ0v) is 10.1. The number of cyclic esters (lactones) is 1. The molecular formula is C11H18O6. The van der Waals surface area contributed by atoms with Crippen LogP contribution in [-0.2, 0) is 28.5 Å². The summed E-state index contributed by atoms with van der Waals surface area (Å²) in [6.07, 6.45) is 0.255. The van der Waals surface area contributed by atoms with Crippen LogP contribution in [0.3, 0.4) is 0 Å². The van der Waals surface area contributed by atoms with Gasteiger partial charge in [0.05, 0.1) is 6.42 Å².